The van der Waals surface area contributed by atoms with Crippen LogP contribution in [0, 0.1) is 6.92 Å². The Kier molecular flexibility index (Phi) is 5.17. The topological polar surface area (TPSA) is 51.2 Å². The molecule has 5 heteroatoms. The lowest BCUT2D eigenvalue weighted by molar-refractivity contribution is 0.102. The first kappa shape index (κ1) is 17.9. The molecule has 1 aromatic heterocycles. The van der Waals surface area contributed by atoms with Crippen LogP contribution < -0.4 is 10.1 Å². The predicted octanol–water partition coefficient (Wildman–Crippen LogP) is 6.16. The second-order valence-electron chi connectivity index (χ2n) is 6.23. The first-order valence-corrected chi connectivity index (χ1v) is 9.72. The van der Waals surface area contributed by atoms with Gasteiger partial charge >= 0.3 is 0 Å². The molecule has 28 heavy (non-hydrogen) atoms. The number of amides is 1. The van der Waals surface area contributed by atoms with Crippen molar-refractivity contribution in [3.05, 3.63) is 94.8 Å². The maximum atomic E-state index is 12.6. The number of nitrogens with zero attached hydrogens (tertiary/aromatic N) is 1. The van der Waals surface area contributed by atoms with Crippen LogP contribution in [0.25, 0.3) is 11.3 Å². The zero-order valence-corrected chi connectivity index (χ0v) is 16.1. The molecule has 0 unspecified atom stereocenters. The predicted molar refractivity (Wildman–Crippen MR) is 113 cm³/mol. The van der Waals surface area contributed by atoms with Crippen molar-refractivity contribution >= 4 is 22.9 Å². The molecule has 4 aromatic rings. The van der Waals surface area contributed by atoms with E-state index in [-0.39, 0.29) is 5.91 Å². The Balaban J connectivity index is 1.45. The maximum absolute atomic E-state index is 12.6. The molecular weight excluding hydrogens is 368 g/mol. The second-order valence-corrected chi connectivity index (χ2v) is 7.29. The smallest absolute Gasteiger partial charge is 0.255 e. The third-order valence-electron chi connectivity index (χ3n) is 4.13. The lowest BCUT2D eigenvalue weighted by Gasteiger charge is -2.08. The van der Waals surface area contributed by atoms with E-state index >= 15 is 0 Å². The van der Waals surface area contributed by atoms with E-state index in [1.807, 2.05) is 66.9 Å². The van der Waals surface area contributed by atoms with Gasteiger partial charge in [-0.3, -0.25) is 4.79 Å². The molecule has 1 N–H and O–H groups in total. The summed E-state index contributed by atoms with van der Waals surface area (Å²) in [5, 5.41) is 5.97. The molecule has 0 radical (unpaired) electrons. The van der Waals surface area contributed by atoms with Crippen molar-refractivity contribution in [2.75, 3.05) is 5.32 Å². The van der Waals surface area contributed by atoms with Crippen molar-refractivity contribution in [3.8, 4) is 22.8 Å². The summed E-state index contributed by atoms with van der Waals surface area (Å²) in [6.07, 6.45) is 0. The Hall–Kier alpha value is -3.44. The molecular formula is C23H18N2O2S. The normalized spacial score (nSPS) is 10.5. The quantitative estimate of drug-likeness (QED) is 0.447. The number of benzene rings is 3. The number of para-hydroxylation sites is 1. The van der Waals surface area contributed by atoms with E-state index in [9.17, 15) is 4.79 Å². The van der Waals surface area contributed by atoms with Gasteiger partial charge in [-0.05, 0) is 55.5 Å². The monoisotopic (exact) mass is 386 g/mol. The van der Waals surface area contributed by atoms with Gasteiger partial charge in [0, 0.05) is 22.2 Å². The zero-order valence-electron chi connectivity index (χ0n) is 15.3. The van der Waals surface area contributed by atoms with Gasteiger partial charge in [-0.1, -0.05) is 30.3 Å². The fourth-order valence-corrected chi connectivity index (χ4v) is 3.38. The molecule has 4 rings (SSSR count). The molecule has 4 nitrogen and oxygen atoms in total. The van der Waals surface area contributed by atoms with E-state index in [2.05, 4.69) is 10.3 Å². The number of carbonyl (C=O) groups is 1. The molecule has 0 saturated heterocycles. The molecule has 0 atom stereocenters. The van der Waals surface area contributed by atoms with Gasteiger partial charge in [-0.2, -0.15) is 0 Å². The van der Waals surface area contributed by atoms with Gasteiger partial charge in [-0.15, -0.1) is 11.3 Å². The van der Waals surface area contributed by atoms with Crippen LogP contribution in [0.2, 0.25) is 0 Å². The zero-order chi connectivity index (χ0) is 19.3. The molecule has 0 aliphatic heterocycles. The van der Waals surface area contributed by atoms with E-state index in [4.69, 9.17) is 4.74 Å². The van der Waals surface area contributed by atoms with Crippen LogP contribution in [0.5, 0.6) is 11.5 Å². The van der Waals surface area contributed by atoms with Gasteiger partial charge in [0.15, 0.2) is 0 Å². The Morgan fingerprint density at radius 1 is 0.929 bits per heavy atom. The number of aryl methyl sites for hydroxylation is 1. The Morgan fingerprint density at radius 2 is 1.68 bits per heavy atom. The minimum atomic E-state index is -0.169. The number of aromatic nitrogens is 1. The SMILES string of the molecule is Cc1nc(-c2cccc(NC(=O)c3ccc(Oc4ccccc4)cc3)c2)cs1. The fourth-order valence-electron chi connectivity index (χ4n) is 2.75. The van der Waals surface area contributed by atoms with Crippen LogP contribution >= 0.6 is 11.3 Å². The first-order valence-electron chi connectivity index (χ1n) is 8.84. The van der Waals surface area contributed by atoms with E-state index in [1.165, 1.54) is 0 Å². The lowest BCUT2D eigenvalue weighted by atomic mass is 10.1. The van der Waals surface area contributed by atoms with Gasteiger partial charge < -0.3 is 10.1 Å². The number of anilines is 1. The maximum Gasteiger partial charge on any atom is 0.255 e. The standard InChI is InChI=1S/C23H18N2O2S/c1-16-24-22(15-28-16)18-6-5-7-19(14-18)25-23(26)17-10-12-21(13-11-17)27-20-8-3-2-4-9-20/h2-15H,1H3,(H,25,26). The van der Waals surface area contributed by atoms with Crippen LogP contribution in [-0.2, 0) is 0 Å². The van der Waals surface area contributed by atoms with Crippen LogP contribution in [0.1, 0.15) is 15.4 Å². The summed E-state index contributed by atoms with van der Waals surface area (Å²) >= 11 is 1.61. The average molecular weight is 386 g/mol. The molecule has 0 fully saturated rings. The van der Waals surface area contributed by atoms with Crippen molar-refractivity contribution in [2.45, 2.75) is 6.92 Å². The summed E-state index contributed by atoms with van der Waals surface area (Å²) in [5.41, 5.74) is 3.20. The van der Waals surface area contributed by atoms with Crippen molar-refractivity contribution in [3.63, 3.8) is 0 Å². The Bertz CT molecular complexity index is 1090. The molecule has 0 aliphatic carbocycles. The number of thiazole rings is 1. The highest BCUT2D eigenvalue weighted by molar-refractivity contribution is 7.09. The van der Waals surface area contributed by atoms with Gasteiger partial charge in [0.1, 0.15) is 11.5 Å². The van der Waals surface area contributed by atoms with Crippen molar-refractivity contribution in [1.29, 1.82) is 0 Å². The number of carbonyl (C=O) groups excluding carboxylic acids is 1. The van der Waals surface area contributed by atoms with E-state index in [1.54, 1.807) is 35.6 Å². The summed E-state index contributed by atoms with van der Waals surface area (Å²) in [4.78, 5) is 17.1. The van der Waals surface area contributed by atoms with Gasteiger partial charge in [0.05, 0.1) is 10.7 Å². The van der Waals surface area contributed by atoms with E-state index in [0.29, 0.717) is 11.3 Å². The van der Waals surface area contributed by atoms with Crippen molar-refractivity contribution in [2.24, 2.45) is 0 Å². The summed E-state index contributed by atoms with van der Waals surface area (Å²) in [7, 11) is 0. The summed E-state index contributed by atoms with van der Waals surface area (Å²) < 4.78 is 5.76. The van der Waals surface area contributed by atoms with Gasteiger partial charge in [0.2, 0.25) is 0 Å². The number of hydrogen-bond donors (Lipinski definition) is 1. The Morgan fingerprint density at radius 3 is 2.39 bits per heavy atom. The average Bonchev–Trinajstić information content (AvgIpc) is 3.16. The second kappa shape index (κ2) is 8.06. The number of ether oxygens (including phenoxy) is 1. The van der Waals surface area contributed by atoms with Crippen molar-refractivity contribution in [1.82, 2.24) is 4.98 Å². The molecule has 138 valence electrons. The van der Waals surface area contributed by atoms with Gasteiger partial charge in [0.25, 0.3) is 5.91 Å². The number of nitrogens with one attached hydrogen (secondary N) is 1. The van der Waals surface area contributed by atoms with E-state index < -0.39 is 0 Å². The highest BCUT2D eigenvalue weighted by Crippen LogP contribution is 2.25. The highest BCUT2D eigenvalue weighted by atomic mass is 32.1. The molecule has 3 aromatic carbocycles. The third-order valence-corrected chi connectivity index (χ3v) is 4.90. The summed E-state index contributed by atoms with van der Waals surface area (Å²) in [6, 6.07) is 24.3. The molecule has 0 aliphatic rings. The fraction of sp³-hybridized carbons (Fsp3) is 0.0435. The van der Waals surface area contributed by atoms with Crippen LogP contribution in [-0.4, -0.2) is 10.9 Å². The summed E-state index contributed by atoms with van der Waals surface area (Å²) in [5.74, 6) is 1.27. The van der Waals surface area contributed by atoms with Crippen LogP contribution in [0.4, 0.5) is 5.69 Å². The van der Waals surface area contributed by atoms with Crippen LogP contribution in [0.3, 0.4) is 0 Å². The molecule has 0 saturated carbocycles. The summed E-state index contributed by atoms with van der Waals surface area (Å²) in [6.45, 7) is 1.98. The minimum absolute atomic E-state index is 0.169. The largest absolute Gasteiger partial charge is 0.457 e. The van der Waals surface area contributed by atoms with Crippen molar-refractivity contribution < 1.29 is 9.53 Å². The molecule has 0 bridgehead atoms. The minimum Gasteiger partial charge on any atom is -0.457 e. The third kappa shape index (κ3) is 4.27. The molecule has 1 heterocycles. The lowest BCUT2D eigenvalue weighted by Crippen LogP contribution is -2.11. The molecule has 1 amide bonds. The van der Waals surface area contributed by atoms with E-state index in [0.717, 1.165) is 27.7 Å². The number of rotatable bonds is 5. The van der Waals surface area contributed by atoms with Gasteiger partial charge in [-0.25, -0.2) is 4.98 Å². The first-order chi connectivity index (χ1) is 13.7. The highest BCUT2D eigenvalue weighted by Gasteiger charge is 2.08. The molecule has 0 spiro atoms. The number of hydrogen-bond acceptors (Lipinski definition) is 4. The van der Waals surface area contributed by atoms with Crippen LogP contribution in [0.15, 0.2) is 84.2 Å². The Labute approximate surface area is 167 Å².